The maximum absolute atomic E-state index is 13.3. The monoisotopic (exact) mass is 433 g/mol. The molecule has 2 fully saturated rings. The Kier molecular flexibility index (Phi) is 5.07. The van der Waals surface area contributed by atoms with Gasteiger partial charge < -0.3 is 10.2 Å². The van der Waals surface area contributed by atoms with Crippen LogP contribution < -0.4 is 10.9 Å². The second-order valence-electron chi connectivity index (χ2n) is 8.95. The van der Waals surface area contributed by atoms with E-state index in [1.165, 1.54) is 6.07 Å². The first-order chi connectivity index (χ1) is 15.4. The van der Waals surface area contributed by atoms with Gasteiger partial charge >= 0.3 is 0 Å². The summed E-state index contributed by atoms with van der Waals surface area (Å²) in [6.07, 6.45) is 4.37. The zero-order chi connectivity index (χ0) is 22.4. The fourth-order valence-electron chi connectivity index (χ4n) is 4.13. The summed E-state index contributed by atoms with van der Waals surface area (Å²) in [6, 6.07) is 9.56. The van der Waals surface area contributed by atoms with Crippen LogP contribution in [-0.2, 0) is 17.8 Å². The van der Waals surface area contributed by atoms with E-state index in [4.69, 9.17) is 0 Å². The molecule has 5 rings (SSSR count). The molecule has 0 bridgehead atoms. The van der Waals surface area contributed by atoms with Gasteiger partial charge in [0.05, 0.1) is 6.42 Å². The fourth-order valence-corrected chi connectivity index (χ4v) is 4.13. The zero-order valence-electron chi connectivity index (χ0n) is 18.4. The van der Waals surface area contributed by atoms with Gasteiger partial charge in [0.25, 0.3) is 11.5 Å². The van der Waals surface area contributed by atoms with Gasteiger partial charge in [-0.15, -0.1) is 0 Å². The summed E-state index contributed by atoms with van der Waals surface area (Å²) in [5.41, 5.74) is 4.43. The molecule has 8 nitrogen and oxygen atoms in total. The Morgan fingerprint density at radius 1 is 1.16 bits per heavy atom. The number of nitrogens with one attached hydrogen (secondary N) is 2. The van der Waals surface area contributed by atoms with Gasteiger partial charge in [-0.2, -0.15) is 0 Å². The minimum Gasteiger partial charge on any atom is -0.349 e. The van der Waals surface area contributed by atoms with Gasteiger partial charge in [0.2, 0.25) is 5.91 Å². The highest BCUT2D eigenvalue weighted by molar-refractivity contribution is 5.94. The highest BCUT2D eigenvalue weighted by Gasteiger charge is 2.33. The zero-order valence-corrected chi connectivity index (χ0v) is 18.4. The summed E-state index contributed by atoms with van der Waals surface area (Å²) in [5, 5.41) is 5.74. The lowest BCUT2D eigenvalue weighted by Gasteiger charge is -2.24. The van der Waals surface area contributed by atoms with Crippen molar-refractivity contribution in [3.05, 3.63) is 68.8 Å². The van der Waals surface area contributed by atoms with E-state index in [2.05, 4.69) is 15.4 Å². The number of fused-ring (bicyclic) bond motifs is 1. The molecule has 2 aromatic heterocycles. The molecule has 1 aromatic carbocycles. The molecule has 0 radical (unpaired) electrons. The van der Waals surface area contributed by atoms with E-state index < -0.39 is 0 Å². The average Bonchev–Trinajstić information content (AvgIpc) is 3.69. The van der Waals surface area contributed by atoms with E-state index in [-0.39, 0.29) is 29.8 Å². The van der Waals surface area contributed by atoms with Gasteiger partial charge in [0.15, 0.2) is 5.65 Å². The predicted molar refractivity (Wildman–Crippen MR) is 119 cm³/mol. The quantitative estimate of drug-likeness (QED) is 0.597. The highest BCUT2D eigenvalue weighted by Crippen LogP contribution is 2.30. The van der Waals surface area contributed by atoms with E-state index in [9.17, 15) is 14.4 Å². The van der Waals surface area contributed by atoms with Gasteiger partial charge in [-0.3, -0.25) is 19.5 Å². The van der Waals surface area contributed by atoms with E-state index in [1.54, 1.807) is 4.52 Å². The smallest absolute Gasteiger partial charge is 0.266 e. The number of H-pyrrole nitrogens is 1. The maximum Gasteiger partial charge on any atom is 0.266 e. The largest absolute Gasteiger partial charge is 0.349 e. The first kappa shape index (κ1) is 20.5. The van der Waals surface area contributed by atoms with Crippen molar-refractivity contribution in [2.45, 2.75) is 64.6 Å². The molecule has 3 aromatic rings. The number of hydrogen-bond donors (Lipinski definition) is 2. The van der Waals surface area contributed by atoms with Gasteiger partial charge in [-0.05, 0) is 57.2 Å². The number of aromatic amines is 1. The van der Waals surface area contributed by atoms with Crippen LogP contribution in [0.2, 0.25) is 0 Å². The molecule has 166 valence electrons. The summed E-state index contributed by atoms with van der Waals surface area (Å²) in [4.78, 5) is 43.6. The second-order valence-corrected chi connectivity index (χ2v) is 8.95. The number of rotatable bonds is 7. The summed E-state index contributed by atoms with van der Waals surface area (Å²) >= 11 is 0. The van der Waals surface area contributed by atoms with Crippen molar-refractivity contribution in [1.82, 2.24) is 24.8 Å². The summed E-state index contributed by atoms with van der Waals surface area (Å²) in [5.74, 6) is 0.0102. The standard InChI is InChI=1S/C24H27N5O3/c1-14-20(15(2)29-21(25-14)12-22(30)27-29)11-23(31)28(19-9-10-19)13-16-3-5-17(6-4-16)24(32)26-18-7-8-18/h3-6,12,18-19H,7-11,13H2,1-2H3,(H,26,32)(H,27,30). The van der Waals surface area contributed by atoms with Crippen molar-refractivity contribution >= 4 is 17.5 Å². The van der Waals surface area contributed by atoms with Crippen LogP contribution in [0.15, 0.2) is 35.1 Å². The molecule has 8 heteroatoms. The van der Waals surface area contributed by atoms with Crippen LogP contribution in [0.1, 0.15) is 58.6 Å². The summed E-state index contributed by atoms with van der Waals surface area (Å²) in [7, 11) is 0. The molecule has 0 unspecified atom stereocenters. The number of aryl methyl sites for hydroxylation is 2. The minimum absolute atomic E-state index is 0.0360. The van der Waals surface area contributed by atoms with Crippen molar-refractivity contribution in [3.63, 3.8) is 0 Å². The molecule has 0 spiro atoms. The van der Waals surface area contributed by atoms with Crippen LogP contribution >= 0.6 is 0 Å². The third-order valence-electron chi connectivity index (χ3n) is 6.32. The molecule has 2 aliphatic carbocycles. The summed E-state index contributed by atoms with van der Waals surface area (Å²) < 4.78 is 1.64. The highest BCUT2D eigenvalue weighted by atomic mass is 16.2. The molecule has 2 N–H and O–H groups in total. The Morgan fingerprint density at radius 3 is 2.53 bits per heavy atom. The van der Waals surface area contributed by atoms with E-state index in [1.807, 2.05) is 43.0 Å². The second kappa shape index (κ2) is 7.93. The Hall–Kier alpha value is -3.42. The fraction of sp³-hybridized carbons (Fsp3) is 0.417. The third-order valence-corrected chi connectivity index (χ3v) is 6.32. The van der Waals surface area contributed by atoms with Gasteiger partial charge in [0, 0.05) is 47.2 Å². The minimum atomic E-state index is -0.211. The molecule has 0 aliphatic heterocycles. The van der Waals surface area contributed by atoms with E-state index in [0.29, 0.717) is 23.8 Å². The van der Waals surface area contributed by atoms with Gasteiger partial charge in [-0.1, -0.05) is 12.1 Å². The lowest BCUT2D eigenvalue weighted by atomic mass is 10.1. The number of amides is 2. The molecule has 0 atom stereocenters. The molecule has 32 heavy (non-hydrogen) atoms. The number of nitrogens with zero attached hydrogens (tertiary/aromatic N) is 3. The first-order valence-electron chi connectivity index (χ1n) is 11.2. The van der Waals surface area contributed by atoms with Crippen LogP contribution in [0.25, 0.3) is 5.65 Å². The van der Waals surface area contributed by atoms with Crippen molar-refractivity contribution in [1.29, 1.82) is 0 Å². The Balaban J connectivity index is 1.32. The van der Waals surface area contributed by atoms with Crippen molar-refractivity contribution < 1.29 is 9.59 Å². The normalized spacial score (nSPS) is 15.7. The first-order valence-corrected chi connectivity index (χ1v) is 11.2. The van der Waals surface area contributed by atoms with Crippen molar-refractivity contribution in [3.8, 4) is 0 Å². The number of carbonyl (C=O) groups excluding carboxylic acids is 2. The van der Waals surface area contributed by atoms with E-state index >= 15 is 0 Å². The molecule has 2 heterocycles. The van der Waals surface area contributed by atoms with Crippen LogP contribution in [0.5, 0.6) is 0 Å². The van der Waals surface area contributed by atoms with Gasteiger partial charge in [-0.25, -0.2) is 9.50 Å². The lowest BCUT2D eigenvalue weighted by Crippen LogP contribution is -2.34. The topological polar surface area (TPSA) is 99.6 Å². The molecule has 0 saturated heterocycles. The molecule has 2 aliphatic rings. The molecule has 2 amide bonds. The number of hydrogen-bond acceptors (Lipinski definition) is 4. The lowest BCUT2D eigenvalue weighted by molar-refractivity contribution is -0.131. The van der Waals surface area contributed by atoms with E-state index in [0.717, 1.165) is 48.2 Å². The Morgan fingerprint density at radius 2 is 1.88 bits per heavy atom. The Bertz CT molecular complexity index is 1250. The van der Waals surface area contributed by atoms with Crippen LogP contribution in [0.3, 0.4) is 0 Å². The van der Waals surface area contributed by atoms with Crippen molar-refractivity contribution in [2.24, 2.45) is 0 Å². The third kappa shape index (κ3) is 4.17. The van der Waals surface area contributed by atoms with Crippen LogP contribution in [-0.4, -0.2) is 43.4 Å². The number of aromatic nitrogens is 3. The molecular weight excluding hydrogens is 406 g/mol. The Labute approximate surface area is 185 Å². The van der Waals surface area contributed by atoms with Gasteiger partial charge in [0.1, 0.15) is 0 Å². The van der Waals surface area contributed by atoms with Crippen LogP contribution in [0, 0.1) is 13.8 Å². The number of carbonyl (C=O) groups is 2. The average molecular weight is 434 g/mol. The van der Waals surface area contributed by atoms with Crippen LogP contribution in [0.4, 0.5) is 0 Å². The van der Waals surface area contributed by atoms with Crippen molar-refractivity contribution in [2.75, 3.05) is 0 Å². The number of benzene rings is 1. The SMILES string of the molecule is Cc1nc2cc(=O)[nH]n2c(C)c1CC(=O)N(Cc1ccc(C(=O)NC2CC2)cc1)C1CC1. The maximum atomic E-state index is 13.3. The molecular formula is C24H27N5O3. The predicted octanol–water partition coefficient (Wildman–Crippen LogP) is 2.27. The molecule has 2 saturated carbocycles. The summed E-state index contributed by atoms with van der Waals surface area (Å²) in [6.45, 7) is 4.29.